The van der Waals surface area contributed by atoms with Gasteiger partial charge in [-0.05, 0) is 32.1 Å². The van der Waals surface area contributed by atoms with Crippen LogP contribution in [-0.2, 0) is 0 Å². The van der Waals surface area contributed by atoms with Gasteiger partial charge in [-0.25, -0.2) is 0 Å². The van der Waals surface area contributed by atoms with E-state index in [1.165, 1.54) is 6.42 Å². The molecule has 0 fully saturated rings. The molecule has 0 aliphatic rings. The molecule has 0 aliphatic heterocycles. The van der Waals surface area contributed by atoms with E-state index in [4.69, 9.17) is 5.11 Å². The van der Waals surface area contributed by atoms with Crippen LogP contribution >= 0.6 is 0 Å². The van der Waals surface area contributed by atoms with Gasteiger partial charge in [0.05, 0.1) is 0 Å². The van der Waals surface area contributed by atoms with Crippen molar-refractivity contribution < 1.29 is 18.3 Å². The lowest BCUT2D eigenvalue weighted by atomic mass is 9.95. The number of rotatable bonds is 4. The summed E-state index contributed by atoms with van der Waals surface area (Å²) >= 11 is 0. The Balaban J connectivity index is 3.90. The van der Waals surface area contributed by atoms with Crippen LogP contribution < -0.4 is 0 Å². The Labute approximate surface area is 76.9 Å². The summed E-state index contributed by atoms with van der Waals surface area (Å²) in [6.07, 6.45) is -2.81. The highest BCUT2D eigenvalue weighted by atomic mass is 19.4. The van der Waals surface area contributed by atoms with Crippen LogP contribution in [0.1, 0.15) is 33.6 Å². The minimum atomic E-state index is -4.54. The standard InChI is InChI=1S/C9H16F3O/c1-7(2)5-4-6-8(3,13)9(10,11)12/h4,7,13H,5-6H2,1-3H3. The normalized spacial score (nSPS) is 17.5. The molecule has 0 rings (SSSR count). The molecule has 0 heterocycles. The highest BCUT2D eigenvalue weighted by Crippen LogP contribution is 2.33. The largest absolute Gasteiger partial charge is 0.416 e. The fourth-order valence-corrected chi connectivity index (χ4v) is 0.813. The van der Waals surface area contributed by atoms with Crippen LogP contribution in [0.25, 0.3) is 0 Å². The van der Waals surface area contributed by atoms with E-state index >= 15 is 0 Å². The summed E-state index contributed by atoms with van der Waals surface area (Å²) in [5.41, 5.74) is -2.58. The van der Waals surface area contributed by atoms with Gasteiger partial charge in [-0.3, -0.25) is 0 Å². The first-order valence-electron chi connectivity index (χ1n) is 4.27. The third-order valence-corrected chi connectivity index (χ3v) is 1.79. The van der Waals surface area contributed by atoms with Gasteiger partial charge in [0.25, 0.3) is 0 Å². The summed E-state index contributed by atoms with van der Waals surface area (Å²) in [4.78, 5) is 0. The van der Waals surface area contributed by atoms with Gasteiger partial charge in [0.15, 0.2) is 5.60 Å². The van der Waals surface area contributed by atoms with E-state index in [1.54, 1.807) is 0 Å². The second-order valence-corrected chi connectivity index (χ2v) is 3.89. The predicted molar refractivity (Wildman–Crippen MR) is 45.1 cm³/mol. The summed E-state index contributed by atoms with van der Waals surface area (Å²) in [6.45, 7) is 4.63. The number of halogens is 3. The molecule has 0 amide bonds. The van der Waals surface area contributed by atoms with Gasteiger partial charge in [-0.2, -0.15) is 13.2 Å². The van der Waals surface area contributed by atoms with E-state index in [1.807, 2.05) is 13.8 Å². The monoisotopic (exact) mass is 197 g/mol. The van der Waals surface area contributed by atoms with Gasteiger partial charge in [0.2, 0.25) is 0 Å². The Hall–Kier alpha value is -0.250. The second-order valence-electron chi connectivity index (χ2n) is 3.89. The number of hydrogen-bond donors (Lipinski definition) is 1. The molecule has 1 atom stereocenters. The van der Waals surface area contributed by atoms with E-state index in [2.05, 4.69) is 0 Å². The molecule has 0 saturated heterocycles. The molecule has 0 spiro atoms. The van der Waals surface area contributed by atoms with Crippen molar-refractivity contribution in [2.24, 2.45) is 5.92 Å². The summed E-state index contributed by atoms with van der Waals surface area (Å²) in [7, 11) is 0. The van der Waals surface area contributed by atoms with Crippen LogP contribution in [0.4, 0.5) is 13.2 Å². The van der Waals surface area contributed by atoms with Crippen molar-refractivity contribution in [1.29, 1.82) is 0 Å². The highest BCUT2D eigenvalue weighted by molar-refractivity contribution is 4.87. The zero-order valence-corrected chi connectivity index (χ0v) is 8.15. The molecule has 0 bridgehead atoms. The average molecular weight is 197 g/mol. The third kappa shape index (κ3) is 4.50. The lowest BCUT2D eigenvalue weighted by Crippen LogP contribution is -2.42. The molecule has 13 heavy (non-hydrogen) atoms. The lowest BCUT2D eigenvalue weighted by molar-refractivity contribution is -0.252. The molecule has 0 aliphatic carbocycles. The number of hydrogen-bond acceptors (Lipinski definition) is 1. The van der Waals surface area contributed by atoms with E-state index in [0.29, 0.717) is 12.3 Å². The summed E-state index contributed by atoms with van der Waals surface area (Å²) < 4.78 is 36.3. The fraction of sp³-hybridized carbons (Fsp3) is 0.889. The van der Waals surface area contributed by atoms with Gasteiger partial charge < -0.3 is 5.11 Å². The molecule has 1 radical (unpaired) electrons. The minimum Gasteiger partial charge on any atom is -0.381 e. The first-order valence-corrected chi connectivity index (χ1v) is 4.27. The van der Waals surface area contributed by atoms with Gasteiger partial charge in [-0.15, -0.1) is 0 Å². The third-order valence-electron chi connectivity index (χ3n) is 1.79. The molecule has 1 nitrogen and oxygen atoms in total. The Morgan fingerprint density at radius 3 is 2.08 bits per heavy atom. The molecule has 4 heteroatoms. The molecule has 0 aromatic rings. The molecule has 0 aromatic heterocycles. The van der Waals surface area contributed by atoms with E-state index in [0.717, 1.165) is 6.92 Å². The fourth-order valence-electron chi connectivity index (χ4n) is 0.813. The Bertz CT molecular complexity index is 149. The smallest absolute Gasteiger partial charge is 0.381 e. The zero-order valence-electron chi connectivity index (χ0n) is 8.15. The van der Waals surface area contributed by atoms with Crippen LogP contribution in [0, 0.1) is 12.3 Å². The van der Waals surface area contributed by atoms with Gasteiger partial charge in [0.1, 0.15) is 0 Å². The molecule has 1 unspecified atom stereocenters. The van der Waals surface area contributed by atoms with Gasteiger partial charge in [-0.1, -0.05) is 13.8 Å². The zero-order chi connectivity index (χ0) is 10.7. The van der Waals surface area contributed by atoms with Crippen molar-refractivity contribution in [2.75, 3.05) is 0 Å². The van der Waals surface area contributed by atoms with Crippen LogP contribution in [-0.4, -0.2) is 16.9 Å². The molecular weight excluding hydrogens is 181 g/mol. The summed E-state index contributed by atoms with van der Waals surface area (Å²) in [6, 6.07) is 0. The molecule has 79 valence electrons. The Morgan fingerprint density at radius 1 is 1.31 bits per heavy atom. The topological polar surface area (TPSA) is 20.2 Å². The molecule has 0 aromatic carbocycles. The lowest BCUT2D eigenvalue weighted by Gasteiger charge is -2.26. The molecule has 0 saturated carbocycles. The van der Waals surface area contributed by atoms with E-state index < -0.39 is 11.8 Å². The van der Waals surface area contributed by atoms with Crippen molar-refractivity contribution in [3.05, 3.63) is 6.42 Å². The maximum absolute atomic E-state index is 12.1. The first-order chi connectivity index (χ1) is 5.67. The van der Waals surface area contributed by atoms with Crippen molar-refractivity contribution in [2.45, 2.75) is 45.4 Å². The maximum atomic E-state index is 12.1. The van der Waals surface area contributed by atoms with Gasteiger partial charge in [0, 0.05) is 0 Å². The SMILES string of the molecule is CC(C)C[CH]CC(C)(O)C(F)(F)F. The van der Waals surface area contributed by atoms with Gasteiger partial charge >= 0.3 is 6.18 Å². The Morgan fingerprint density at radius 2 is 1.77 bits per heavy atom. The van der Waals surface area contributed by atoms with Crippen molar-refractivity contribution in [3.63, 3.8) is 0 Å². The average Bonchev–Trinajstić information content (AvgIpc) is 1.82. The second kappa shape index (κ2) is 4.31. The first kappa shape index (κ1) is 12.8. The van der Waals surface area contributed by atoms with Crippen LogP contribution in [0.15, 0.2) is 0 Å². The van der Waals surface area contributed by atoms with Crippen LogP contribution in [0.3, 0.4) is 0 Å². The Kier molecular flexibility index (Phi) is 4.23. The minimum absolute atomic E-state index is 0.323. The van der Waals surface area contributed by atoms with Crippen LogP contribution in [0.2, 0.25) is 0 Å². The highest BCUT2D eigenvalue weighted by Gasteiger charge is 2.49. The summed E-state index contributed by atoms with van der Waals surface area (Å²) in [5.74, 6) is 0.323. The maximum Gasteiger partial charge on any atom is 0.416 e. The summed E-state index contributed by atoms with van der Waals surface area (Å²) in [5, 5.41) is 9.01. The van der Waals surface area contributed by atoms with Crippen molar-refractivity contribution in [1.82, 2.24) is 0 Å². The number of alkyl halides is 3. The van der Waals surface area contributed by atoms with Crippen molar-refractivity contribution >= 4 is 0 Å². The quantitative estimate of drug-likeness (QED) is 0.734. The molecule has 1 N–H and O–H groups in total. The van der Waals surface area contributed by atoms with E-state index in [9.17, 15) is 13.2 Å². The molecular formula is C9H16F3O. The predicted octanol–water partition coefficient (Wildman–Crippen LogP) is 2.94. The van der Waals surface area contributed by atoms with Crippen LogP contribution in [0.5, 0.6) is 0 Å². The van der Waals surface area contributed by atoms with Crippen molar-refractivity contribution in [3.8, 4) is 0 Å². The number of aliphatic hydroxyl groups is 1. The van der Waals surface area contributed by atoms with E-state index in [-0.39, 0.29) is 6.42 Å².